The zero-order valence-electron chi connectivity index (χ0n) is 27.7. The van der Waals surface area contributed by atoms with E-state index in [2.05, 4.69) is 49.9 Å². The second-order valence-corrected chi connectivity index (χ2v) is 12.9. The van der Waals surface area contributed by atoms with Crippen molar-refractivity contribution in [2.75, 3.05) is 26.1 Å². The third-order valence-electron chi connectivity index (χ3n) is 7.72. The number of methoxy groups -OCH3 is 2. The summed E-state index contributed by atoms with van der Waals surface area (Å²) in [4.78, 5) is 30.3. The molecule has 1 aromatic heterocycles. The van der Waals surface area contributed by atoms with Crippen LogP contribution in [0.1, 0.15) is 79.6 Å². The summed E-state index contributed by atoms with van der Waals surface area (Å²) in [6.45, 7) is 16.3. The number of aryl methyl sites for hydroxylation is 1. The van der Waals surface area contributed by atoms with Crippen molar-refractivity contribution in [3.63, 3.8) is 0 Å². The van der Waals surface area contributed by atoms with Crippen molar-refractivity contribution in [2.24, 2.45) is 17.8 Å². The summed E-state index contributed by atoms with van der Waals surface area (Å²) in [5, 5.41) is 5.70. The molecule has 254 valence electrons. The molecule has 0 bridgehead atoms. The van der Waals surface area contributed by atoms with E-state index in [1.165, 1.54) is 44.3 Å². The van der Waals surface area contributed by atoms with Crippen molar-refractivity contribution in [3.05, 3.63) is 64.4 Å². The standard InChI is InChI=1S/C23H21F4N3O3S.C11H24O/c1-11(23(25,26)27)9-12(2)28-21(31)15-10-14(24)5-6-16(15)30-22(32)19-18(33-4)8-7-17-20(19)34-13(3)29-17;1-6-10(3)11(4)7-9(2)8-12-5/h5-8,10,12H,1,9H2,2-4H3,(H,28,31)(H,30,32);9-11H,6-8H2,1-5H3. The maximum atomic E-state index is 13.9. The number of anilines is 1. The molecule has 4 atom stereocenters. The van der Waals surface area contributed by atoms with Crippen LogP contribution in [0.2, 0.25) is 0 Å². The van der Waals surface area contributed by atoms with Crippen LogP contribution in [-0.2, 0) is 4.74 Å². The van der Waals surface area contributed by atoms with Gasteiger partial charge in [-0.05, 0) is 74.8 Å². The van der Waals surface area contributed by atoms with E-state index in [0.717, 1.165) is 35.6 Å². The van der Waals surface area contributed by atoms with Gasteiger partial charge in [0.15, 0.2) is 0 Å². The minimum Gasteiger partial charge on any atom is -0.496 e. The van der Waals surface area contributed by atoms with Crippen LogP contribution in [0.3, 0.4) is 0 Å². The van der Waals surface area contributed by atoms with E-state index in [1.54, 1.807) is 26.2 Å². The molecule has 4 unspecified atom stereocenters. The average molecular weight is 668 g/mol. The molecule has 2 amide bonds. The number of hydrogen-bond donors (Lipinski definition) is 2. The molecule has 3 rings (SSSR count). The minimum atomic E-state index is -4.59. The summed E-state index contributed by atoms with van der Waals surface area (Å²) >= 11 is 1.28. The Morgan fingerprint density at radius 3 is 2.30 bits per heavy atom. The van der Waals surface area contributed by atoms with Gasteiger partial charge in [0, 0.05) is 25.3 Å². The quantitative estimate of drug-likeness (QED) is 0.140. The number of carbonyl (C=O) groups is 2. The zero-order chi connectivity index (χ0) is 34.8. The lowest BCUT2D eigenvalue weighted by Crippen LogP contribution is -2.34. The predicted octanol–water partition coefficient (Wildman–Crippen LogP) is 8.97. The van der Waals surface area contributed by atoms with E-state index in [4.69, 9.17) is 9.47 Å². The molecule has 0 saturated heterocycles. The summed E-state index contributed by atoms with van der Waals surface area (Å²) in [6.07, 6.45) is -2.55. The zero-order valence-corrected chi connectivity index (χ0v) is 28.5. The van der Waals surface area contributed by atoms with Crippen LogP contribution >= 0.6 is 11.3 Å². The fourth-order valence-corrected chi connectivity index (χ4v) is 5.88. The van der Waals surface area contributed by atoms with E-state index in [1.807, 2.05) is 0 Å². The van der Waals surface area contributed by atoms with Crippen LogP contribution in [0.25, 0.3) is 10.2 Å². The minimum absolute atomic E-state index is 0.0222. The highest BCUT2D eigenvalue weighted by Crippen LogP contribution is 2.33. The summed E-state index contributed by atoms with van der Waals surface area (Å²) < 4.78 is 63.2. The number of benzene rings is 2. The Hall–Kier alpha value is -3.51. The Balaban J connectivity index is 0.000000521. The SMILES string of the molecule is C=C(CC(C)NC(=O)c1cc(F)ccc1NC(=O)c1c(OC)ccc2nc(C)sc12)C(F)(F)F.CCC(C)C(C)CC(C)COC. The molecule has 0 aliphatic heterocycles. The number of aromatic nitrogens is 1. The topological polar surface area (TPSA) is 89.6 Å². The average Bonchev–Trinajstić information content (AvgIpc) is 3.36. The first-order valence-electron chi connectivity index (χ1n) is 15.1. The molecule has 3 aromatic rings. The molecule has 12 heteroatoms. The number of halogens is 4. The summed E-state index contributed by atoms with van der Waals surface area (Å²) in [5.41, 5.74) is -0.496. The summed E-state index contributed by atoms with van der Waals surface area (Å²) in [5.74, 6) is 0.444. The fourth-order valence-electron chi connectivity index (χ4n) is 4.93. The van der Waals surface area contributed by atoms with Crippen molar-refractivity contribution in [1.29, 1.82) is 0 Å². The van der Waals surface area contributed by atoms with Gasteiger partial charge in [-0.1, -0.05) is 40.7 Å². The highest BCUT2D eigenvalue weighted by molar-refractivity contribution is 7.19. The number of fused-ring (bicyclic) bond motifs is 1. The summed E-state index contributed by atoms with van der Waals surface area (Å²) in [7, 11) is 3.18. The first kappa shape index (κ1) is 38.7. The number of carbonyl (C=O) groups excluding carboxylic acids is 2. The van der Waals surface area contributed by atoms with Gasteiger partial charge in [-0.2, -0.15) is 13.2 Å². The van der Waals surface area contributed by atoms with Crippen molar-refractivity contribution < 1.29 is 36.6 Å². The van der Waals surface area contributed by atoms with Crippen molar-refractivity contribution in [3.8, 4) is 5.75 Å². The molecule has 46 heavy (non-hydrogen) atoms. The Bertz CT molecular complexity index is 1490. The third kappa shape index (κ3) is 11.1. The molecular formula is C34H45F4N3O4S. The van der Waals surface area contributed by atoms with Gasteiger partial charge in [0.1, 0.15) is 17.1 Å². The molecule has 0 spiro atoms. The number of alkyl halides is 3. The Labute approximate surface area is 272 Å². The molecule has 2 N–H and O–H groups in total. The highest BCUT2D eigenvalue weighted by atomic mass is 32.1. The number of hydrogen-bond acceptors (Lipinski definition) is 6. The number of ether oxygens (including phenoxy) is 2. The van der Waals surface area contributed by atoms with E-state index in [9.17, 15) is 27.2 Å². The lowest BCUT2D eigenvalue weighted by Gasteiger charge is -2.21. The molecule has 0 saturated carbocycles. The van der Waals surface area contributed by atoms with Crippen LogP contribution in [0, 0.1) is 30.5 Å². The number of nitrogens with zero attached hydrogens (tertiary/aromatic N) is 1. The monoisotopic (exact) mass is 667 g/mol. The van der Waals surface area contributed by atoms with Crippen LogP contribution in [0.5, 0.6) is 5.75 Å². The van der Waals surface area contributed by atoms with Gasteiger partial charge in [-0.3, -0.25) is 9.59 Å². The molecule has 2 aromatic carbocycles. The smallest absolute Gasteiger partial charge is 0.412 e. The fraction of sp³-hybridized carbons (Fsp3) is 0.500. The van der Waals surface area contributed by atoms with Crippen LogP contribution in [-0.4, -0.2) is 49.8 Å². The molecule has 0 aliphatic carbocycles. The van der Waals surface area contributed by atoms with Gasteiger partial charge in [0.2, 0.25) is 0 Å². The molecule has 0 radical (unpaired) electrons. The van der Waals surface area contributed by atoms with Crippen molar-refractivity contribution in [2.45, 2.75) is 73.0 Å². The van der Waals surface area contributed by atoms with E-state index in [-0.39, 0.29) is 22.6 Å². The summed E-state index contributed by atoms with van der Waals surface area (Å²) in [6, 6.07) is 5.50. The number of nitrogens with one attached hydrogen (secondary N) is 2. The number of rotatable bonds is 13. The normalized spacial score (nSPS) is 14.0. The number of amides is 2. The second-order valence-electron chi connectivity index (χ2n) is 11.7. The first-order valence-corrected chi connectivity index (χ1v) is 15.9. The lowest BCUT2D eigenvalue weighted by molar-refractivity contribution is -0.0942. The highest BCUT2D eigenvalue weighted by Gasteiger charge is 2.33. The van der Waals surface area contributed by atoms with Gasteiger partial charge in [-0.15, -0.1) is 11.3 Å². The Morgan fingerprint density at radius 1 is 1.04 bits per heavy atom. The van der Waals surface area contributed by atoms with Gasteiger partial charge < -0.3 is 20.1 Å². The maximum absolute atomic E-state index is 13.9. The molecule has 1 heterocycles. The predicted molar refractivity (Wildman–Crippen MR) is 176 cm³/mol. The van der Waals surface area contributed by atoms with Crippen LogP contribution in [0.4, 0.5) is 23.2 Å². The number of thiazole rings is 1. The Kier molecular flexibility index (Phi) is 14.6. The largest absolute Gasteiger partial charge is 0.496 e. The first-order chi connectivity index (χ1) is 21.5. The van der Waals surface area contributed by atoms with E-state index >= 15 is 0 Å². The third-order valence-corrected chi connectivity index (χ3v) is 8.72. The van der Waals surface area contributed by atoms with Gasteiger partial charge in [0.25, 0.3) is 11.8 Å². The van der Waals surface area contributed by atoms with Crippen LogP contribution < -0.4 is 15.4 Å². The molecule has 7 nitrogen and oxygen atoms in total. The molecular weight excluding hydrogens is 622 g/mol. The van der Waals surface area contributed by atoms with Gasteiger partial charge in [0.05, 0.1) is 33.6 Å². The van der Waals surface area contributed by atoms with E-state index in [0.29, 0.717) is 16.1 Å². The molecule has 0 fully saturated rings. The van der Waals surface area contributed by atoms with Gasteiger partial charge in [-0.25, -0.2) is 9.37 Å². The van der Waals surface area contributed by atoms with Gasteiger partial charge >= 0.3 is 6.18 Å². The van der Waals surface area contributed by atoms with Crippen molar-refractivity contribution >= 4 is 39.1 Å². The lowest BCUT2D eigenvalue weighted by atomic mass is 9.86. The molecule has 0 aliphatic rings. The Morgan fingerprint density at radius 2 is 1.72 bits per heavy atom. The second kappa shape index (κ2) is 17.4. The van der Waals surface area contributed by atoms with E-state index < -0.39 is 41.8 Å². The van der Waals surface area contributed by atoms with Crippen LogP contribution in [0.15, 0.2) is 42.5 Å². The maximum Gasteiger partial charge on any atom is 0.412 e. The van der Waals surface area contributed by atoms with Crippen molar-refractivity contribution in [1.82, 2.24) is 10.3 Å².